The Balaban J connectivity index is 0.00000341. The molecular weight excluding hydrogens is 505 g/mol. The van der Waals surface area contributed by atoms with Crippen LogP contribution in [0.3, 0.4) is 0 Å². The second kappa shape index (κ2) is 15.1. The van der Waals surface area contributed by atoms with Gasteiger partial charge in [0, 0.05) is 32.7 Å². The third-order valence-electron chi connectivity index (χ3n) is 5.34. The molecule has 0 radical (unpaired) electrons. The van der Waals surface area contributed by atoms with Crippen LogP contribution in [-0.2, 0) is 17.6 Å². The van der Waals surface area contributed by atoms with Gasteiger partial charge in [0.25, 0.3) is 0 Å². The number of nitrogens with one attached hydrogen (secondary N) is 2. The van der Waals surface area contributed by atoms with Gasteiger partial charge < -0.3 is 24.5 Å². The number of guanidine groups is 1. The molecule has 0 saturated carbocycles. The number of benzene rings is 1. The van der Waals surface area contributed by atoms with Crippen LogP contribution in [0.1, 0.15) is 43.4 Å². The van der Waals surface area contributed by atoms with Crippen molar-refractivity contribution < 1.29 is 13.9 Å². The molecule has 1 aliphatic heterocycles. The number of methoxy groups -OCH3 is 1. The molecular formula is C24H36IN3O3. The zero-order valence-corrected chi connectivity index (χ0v) is 20.8. The minimum Gasteiger partial charge on any atom is -0.497 e. The average molecular weight is 541 g/mol. The molecule has 7 heteroatoms. The zero-order chi connectivity index (χ0) is 20.9. The minimum atomic E-state index is 0. The number of halogens is 1. The van der Waals surface area contributed by atoms with Crippen molar-refractivity contribution in [1.29, 1.82) is 0 Å². The summed E-state index contributed by atoms with van der Waals surface area (Å²) in [6.07, 6.45) is 9.73. The van der Waals surface area contributed by atoms with Gasteiger partial charge >= 0.3 is 0 Å². The van der Waals surface area contributed by atoms with E-state index < -0.39 is 0 Å². The van der Waals surface area contributed by atoms with E-state index in [2.05, 4.69) is 22.8 Å². The Morgan fingerprint density at radius 2 is 1.90 bits per heavy atom. The molecule has 0 spiro atoms. The Morgan fingerprint density at radius 3 is 2.58 bits per heavy atom. The zero-order valence-electron chi connectivity index (χ0n) is 18.5. The number of ether oxygens (including phenoxy) is 2. The lowest BCUT2D eigenvalue weighted by molar-refractivity contribution is 0.0105. The first-order valence-electron chi connectivity index (χ1n) is 11.1. The van der Waals surface area contributed by atoms with Gasteiger partial charge in [0.05, 0.1) is 19.5 Å². The monoisotopic (exact) mass is 541 g/mol. The summed E-state index contributed by atoms with van der Waals surface area (Å²) in [5.41, 5.74) is 1.27. The Morgan fingerprint density at radius 1 is 1.10 bits per heavy atom. The normalized spacial score (nSPS) is 16.4. The molecule has 1 saturated heterocycles. The van der Waals surface area contributed by atoms with Crippen molar-refractivity contribution in [2.75, 3.05) is 33.4 Å². The van der Waals surface area contributed by atoms with Gasteiger partial charge in [-0.2, -0.15) is 0 Å². The lowest BCUT2D eigenvalue weighted by Gasteiger charge is -2.22. The summed E-state index contributed by atoms with van der Waals surface area (Å²) >= 11 is 0. The van der Waals surface area contributed by atoms with E-state index in [1.54, 1.807) is 13.4 Å². The fourth-order valence-corrected chi connectivity index (χ4v) is 3.60. The Kier molecular flexibility index (Phi) is 12.5. The largest absolute Gasteiger partial charge is 0.497 e. The number of nitrogens with zero attached hydrogens (tertiary/aromatic N) is 1. The quantitative estimate of drug-likeness (QED) is 0.189. The molecule has 1 aromatic carbocycles. The topological polar surface area (TPSA) is 68.0 Å². The summed E-state index contributed by atoms with van der Waals surface area (Å²) in [7, 11) is 1.69. The van der Waals surface area contributed by atoms with Gasteiger partial charge in [-0.05, 0) is 68.4 Å². The van der Waals surface area contributed by atoms with E-state index in [-0.39, 0.29) is 24.0 Å². The van der Waals surface area contributed by atoms with E-state index in [0.717, 1.165) is 69.4 Å². The summed E-state index contributed by atoms with van der Waals surface area (Å²) in [6.45, 7) is 3.33. The molecule has 1 aliphatic rings. The molecule has 2 N–H and O–H groups in total. The predicted octanol–water partition coefficient (Wildman–Crippen LogP) is 4.58. The summed E-state index contributed by atoms with van der Waals surface area (Å²) in [5.74, 6) is 2.73. The van der Waals surface area contributed by atoms with Crippen LogP contribution < -0.4 is 15.4 Å². The highest BCUT2D eigenvalue weighted by molar-refractivity contribution is 14.0. The van der Waals surface area contributed by atoms with Crippen LogP contribution in [0, 0.1) is 0 Å². The SMILES string of the molecule is COc1ccc(CCNC(=NCCCC2CCCCO2)NCCc2ccco2)cc1.I. The highest BCUT2D eigenvalue weighted by Gasteiger charge is 2.12. The first kappa shape index (κ1) is 25.5. The van der Waals surface area contributed by atoms with Gasteiger partial charge in [-0.1, -0.05) is 12.1 Å². The number of hydrogen-bond donors (Lipinski definition) is 2. The molecule has 1 atom stereocenters. The van der Waals surface area contributed by atoms with Crippen molar-refractivity contribution in [3.8, 4) is 5.75 Å². The van der Waals surface area contributed by atoms with Gasteiger partial charge in [-0.3, -0.25) is 4.99 Å². The van der Waals surface area contributed by atoms with Crippen LogP contribution in [-0.4, -0.2) is 45.4 Å². The molecule has 1 fully saturated rings. The maximum Gasteiger partial charge on any atom is 0.191 e. The third kappa shape index (κ3) is 9.95. The van der Waals surface area contributed by atoms with E-state index in [4.69, 9.17) is 18.9 Å². The van der Waals surface area contributed by atoms with Gasteiger partial charge in [0.1, 0.15) is 11.5 Å². The smallest absolute Gasteiger partial charge is 0.191 e. The summed E-state index contributed by atoms with van der Waals surface area (Å²) in [5, 5.41) is 6.89. The molecule has 0 amide bonds. The van der Waals surface area contributed by atoms with Crippen molar-refractivity contribution in [2.24, 2.45) is 4.99 Å². The molecule has 6 nitrogen and oxygen atoms in total. The summed E-state index contributed by atoms with van der Waals surface area (Å²) in [4.78, 5) is 4.77. The number of furan rings is 1. The molecule has 3 rings (SSSR count). The summed E-state index contributed by atoms with van der Waals surface area (Å²) < 4.78 is 16.5. The molecule has 1 unspecified atom stereocenters. The number of aliphatic imine (C=N–C) groups is 1. The number of rotatable bonds is 11. The molecule has 31 heavy (non-hydrogen) atoms. The second-order valence-electron chi connectivity index (χ2n) is 7.64. The lowest BCUT2D eigenvalue weighted by atomic mass is 10.1. The van der Waals surface area contributed by atoms with Crippen molar-refractivity contribution in [2.45, 2.75) is 51.0 Å². The summed E-state index contributed by atoms with van der Waals surface area (Å²) in [6, 6.07) is 12.1. The molecule has 2 aromatic rings. The lowest BCUT2D eigenvalue weighted by Crippen LogP contribution is -2.39. The number of hydrogen-bond acceptors (Lipinski definition) is 4. The molecule has 2 heterocycles. The third-order valence-corrected chi connectivity index (χ3v) is 5.34. The van der Waals surface area contributed by atoms with Gasteiger partial charge in [-0.15, -0.1) is 24.0 Å². The highest BCUT2D eigenvalue weighted by Crippen LogP contribution is 2.16. The highest BCUT2D eigenvalue weighted by atomic mass is 127. The first-order valence-corrected chi connectivity index (χ1v) is 11.1. The van der Waals surface area contributed by atoms with Crippen molar-refractivity contribution in [3.05, 3.63) is 54.0 Å². The van der Waals surface area contributed by atoms with Gasteiger partial charge in [-0.25, -0.2) is 0 Å². The maximum atomic E-state index is 5.82. The van der Waals surface area contributed by atoms with E-state index in [1.165, 1.54) is 24.8 Å². The van der Waals surface area contributed by atoms with Crippen LogP contribution in [0.5, 0.6) is 5.75 Å². The fourth-order valence-electron chi connectivity index (χ4n) is 3.60. The van der Waals surface area contributed by atoms with Gasteiger partial charge in [0.2, 0.25) is 0 Å². The van der Waals surface area contributed by atoms with E-state index >= 15 is 0 Å². The van der Waals surface area contributed by atoms with Crippen molar-refractivity contribution in [1.82, 2.24) is 10.6 Å². The van der Waals surface area contributed by atoms with E-state index in [9.17, 15) is 0 Å². The minimum absolute atomic E-state index is 0. The molecule has 0 bridgehead atoms. The second-order valence-corrected chi connectivity index (χ2v) is 7.64. The van der Waals surface area contributed by atoms with E-state index in [1.807, 2.05) is 24.3 Å². The Hall–Kier alpha value is -1.74. The fraction of sp³-hybridized carbons (Fsp3) is 0.542. The molecule has 172 valence electrons. The Bertz CT molecular complexity index is 729. The first-order chi connectivity index (χ1) is 14.8. The van der Waals surface area contributed by atoms with Gasteiger partial charge in [0.15, 0.2) is 5.96 Å². The molecule has 0 aliphatic carbocycles. The maximum absolute atomic E-state index is 5.82. The van der Waals surface area contributed by atoms with Crippen LogP contribution in [0.4, 0.5) is 0 Å². The van der Waals surface area contributed by atoms with Crippen LogP contribution in [0.25, 0.3) is 0 Å². The predicted molar refractivity (Wildman–Crippen MR) is 136 cm³/mol. The van der Waals surface area contributed by atoms with Crippen molar-refractivity contribution >= 4 is 29.9 Å². The van der Waals surface area contributed by atoms with Crippen LogP contribution in [0.2, 0.25) is 0 Å². The molecule has 1 aromatic heterocycles. The van der Waals surface area contributed by atoms with Crippen LogP contribution in [0.15, 0.2) is 52.1 Å². The van der Waals surface area contributed by atoms with Crippen molar-refractivity contribution in [3.63, 3.8) is 0 Å². The van der Waals surface area contributed by atoms with Crippen LogP contribution >= 0.6 is 24.0 Å². The standard InChI is InChI=1S/C24H35N3O3.HI/c1-28-21-11-9-20(10-12-21)13-16-26-24(27-17-14-23-8-5-19-30-23)25-15-4-7-22-6-2-3-18-29-22;/h5,8-12,19,22H,2-4,6-7,13-18H2,1H3,(H2,25,26,27);1H. The van der Waals surface area contributed by atoms with E-state index in [0.29, 0.717) is 6.10 Å². The average Bonchev–Trinajstić information content (AvgIpc) is 3.31. The Labute approximate surface area is 203 Å².